The smallest absolute Gasteiger partial charge is 0.777 e. The summed E-state index contributed by atoms with van der Waals surface area (Å²) in [5.74, 6) is 0. The Kier molecular flexibility index (Phi) is 13.6. The molecule has 0 amide bonds. The Morgan fingerprint density at radius 1 is 1.53 bits per heavy atom. The van der Waals surface area contributed by atoms with Gasteiger partial charge in [0.1, 0.15) is 0 Å². The van der Waals surface area contributed by atoms with Crippen LogP contribution in [0.15, 0.2) is 5.16 Å². The van der Waals surface area contributed by atoms with E-state index in [1.165, 1.54) is 0 Å². The monoisotopic (exact) mass is 281 g/mol. The molecule has 9 heteroatoms. The minimum atomic E-state index is -3.54. The summed E-state index contributed by atoms with van der Waals surface area (Å²) < 4.78 is 13.6. The molecule has 0 aromatic carbocycles. The van der Waals surface area contributed by atoms with Crippen molar-refractivity contribution in [2.45, 2.75) is 13.8 Å². The van der Waals surface area contributed by atoms with Crippen molar-refractivity contribution in [3.05, 3.63) is 0 Å². The van der Waals surface area contributed by atoms with E-state index in [4.69, 9.17) is 4.74 Å². The SMILES string of the molecule is CCOCC(C)=NOOP([O-])(=S)OC.[K+]. The van der Waals surface area contributed by atoms with Crippen LogP contribution < -0.4 is 56.3 Å². The summed E-state index contributed by atoms with van der Waals surface area (Å²) in [6, 6.07) is 0. The molecule has 0 spiro atoms. The fraction of sp³-hybridized carbons (Fsp3) is 0.833. The molecule has 0 aliphatic rings. The van der Waals surface area contributed by atoms with E-state index < -0.39 is 6.72 Å². The third kappa shape index (κ3) is 11.9. The zero-order chi connectivity index (χ0) is 11.0. The first-order chi connectivity index (χ1) is 6.52. The van der Waals surface area contributed by atoms with Crippen LogP contribution in [0.5, 0.6) is 0 Å². The average molecular weight is 281 g/mol. The zero-order valence-electron chi connectivity index (χ0n) is 9.26. The van der Waals surface area contributed by atoms with Gasteiger partial charge in [-0.2, -0.15) is 0 Å². The van der Waals surface area contributed by atoms with Gasteiger partial charge in [0.05, 0.1) is 12.3 Å². The third-order valence-electron chi connectivity index (χ3n) is 1.06. The Morgan fingerprint density at radius 2 is 2.13 bits per heavy atom. The summed E-state index contributed by atoms with van der Waals surface area (Å²) in [5.41, 5.74) is 0.540. The topological polar surface area (TPSA) is 72.3 Å². The number of hydrogen-bond acceptors (Lipinski definition) is 7. The van der Waals surface area contributed by atoms with Crippen LogP contribution in [-0.4, -0.2) is 26.0 Å². The summed E-state index contributed by atoms with van der Waals surface area (Å²) in [6.45, 7) is 0.867. The van der Waals surface area contributed by atoms with E-state index in [1.54, 1.807) is 6.92 Å². The molecule has 0 rings (SSSR count). The molecule has 0 saturated heterocycles. The zero-order valence-corrected chi connectivity index (χ0v) is 14.1. The normalized spacial score (nSPS) is 15.3. The molecule has 0 aromatic rings. The van der Waals surface area contributed by atoms with E-state index in [2.05, 4.69) is 31.1 Å². The summed E-state index contributed by atoms with van der Waals surface area (Å²) in [6.07, 6.45) is 0. The fourth-order valence-electron chi connectivity index (χ4n) is 0.428. The molecule has 0 aliphatic heterocycles. The molecule has 6 nitrogen and oxygen atoms in total. The Bertz CT molecular complexity index is 240. The van der Waals surface area contributed by atoms with Gasteiger partial charge in [0.25, 0.3) is 0 Å². The van der Waals surface area contributed by atoms with Gasteiger partial charge in [-0.3, -0.25) is 0 Å². The standard InChI is InChI=1S/C6H14NO5PS.K/c1-4-10-5-6(2)7-11-12-13(8,14)9-3;/h4-5H2,1-3H3,(H,8,14);/q;+1/p-1. The van der Waals surface area contributed by atoms with Crippen LogP contribution in [0, 0.1) is 0 Å². The molecule has 0 aliphatic carbocycles. The molecule has 0 bridgehead atoms. The van der Waals surface area contributed by atoms with Crippen LogP contribution in [0.4, 0.5) is 0 Å². The Balaban J connectivity index is 0. The van der Waals surface area contributed by atoms with Crippen molar-refractivity contribution in [2.24, 2.45) is 5.16 Å². The third-order valence-corrected chi connectivity index (χ3v) is 2.38. The summed E-state index contributed by atoms with van der Waals surface area (Å²) in [5, 5.41) is 3.45. The molecular formula is C6H13KNO5PS. The molecule has 1 unspecified atom stereocenters. The van der Waals surface area contributed by atoms with Crippen molar-refractivity contribution in [1.29, 1.82) is 0 Å². The van der Waals surface area contributed by atoms with E-state index >= 15 is 0 Å². The van der Waals surface area contributed by atoms with Crippen LogP contribution in [0.2, 0.25) is 0 Å². The van der Waals surface area contributed by atoms with Crippen LogP contribution in [0.3, 0.4) is 0 Å². The van der Waals surface area contributed by atoms with Crippen LogP contribution in [0.1, 0.15) is 13.8 Å². The molecule has 0 radical (unpaired) electrons. The summed E-state index contributed by atoms with van der Waals surface area (Å²) in [4.78, 5) is 15.2. The van der Waals surface area contributed by atoms with Gasteiger partial charge < -0.3 is 14.2 Å². The first-order valence-corrected chi connectivity index (χ1v) is 6.41. The van der Waals surface area contributed by atoms with E-state index in [1.807, 2.05) is 6.92 Å². The van der Waals surface area contributed by atoms with Gasteiger partial charge in [-0.15, -0.1) is 4.67 Å². The molecule has 0 saturated carbocycles. The Morgan fingerprint density at radius 3 is 2.60 bits per heavy atom. The molecular weight excluding hydrogens is 268 g/mol. The van der Waals surface area contributed by atoms with Gasteiger partial charge in [-0.05, 0) is 25.7 Å². The van der Waals surface area contributed by atoms with Crippen molar-refractivity contribution in [3.8, 4) is 0 Å². The van der Waals surface area contributed by atoms with Crippen molar-refractivity contribution in [1.82, 2.24) is 0 Å². The first kappa shape index (κ1) is 18.9. The van der Waals surface area contributed by atoms with Crippen LogP contribution in [-0.2, 0) is 30.7 Å². The second kappa shape index (κ2) is 10.7. The van der Waals surface area contributed by atoms with Crippen molar-refractivity contribution in [2.75, 3.05) is 20.3 Å². The molecule has 0 aromatic heterocycles. The summed E-state index contributed by atoms with van der Waals surface area (Å²) in [7, 11) is 1.16. The van der Waals surface area contributed by atoms with Crippen LogP contribution >= 0.6 is 6.72 Å². The fourth-order valence-corrected chi connectivity index (χ4v) is 0.685. The molecule has 0 heterocycles. The molecule has 1 atom stereocenters. The number of ether oxygens (including phenoxy) is 1. The maximum absolute atomic E-state index is 10.9. The number of nitrogens with zero attached hydrogens (tertiary/aromatic N) is 1. The van der Waals surface area contributed by atoms with E-state index in [0.717, 1.165) is 7.11 Å². The van der Waals surface area contributed by atoms with Gasteiger partial charge in [0.15, 0.2) is 6.72 Å². The van der Waals surface area contributed by atoms with Gasteiger partial charge in [0, 0.05) is 13.7 Å². The molecule has 0 N–H and O–H groups in total. The van der Waals surface area contributed by atoms with Gasteiger partial charge in [-0.25, -0.2) is 4.99 Å². The van der Waals surface area contributed by atoms with Crippen molar-refractivity contribution < 1.29 is 75.2 Å². The number of rotatable bonds is 7. The molecule has 84 valence electrons. The summed E-state index contributed by atoms with van der Waals surface area (Å²) >= 11 is 4.37. The van der Waals surface area contributed by atoms with Gasteiger partial charge in [-0.1, -0.05) is 5.16 Å². The predicted octanol–water partition coefficient (Wildman–Crippen LogP) is -2.42. The second-order valence-corrected chi connectivity index (χ2v) is 4.99. The van der Waals surface area contributed by atoms with Crippen molar-refractivity contribution >= 4 is 24.2 Å². The van der Waals surface area contributed by atoms with E-state index in [9.17, 15) is 4.89 Å². The minimum Gasteiger partial charge on any atom is -0.777 e. The van der Waals surface area contributed by atoms with Gasteiger partial charge in [0.2, 0.25) is 0 Å². The molecule has 15 heavy (non-hydrogen) atoms. The number of hydrogen-bond donors (Lipinski definition) is 0. The van der Waals surface area contributed by atoms with Crippen LogP contribution in [0.25, 0.3) is 0 Å². The minimum absolute atomic E-state index is 0. The Labute approximate surface area is 137 Å². The second-order valence-electron chi connectivity index (χ2n) is 2.24. The molecule has 0 fully saturated rings. The maximum atomic E-state index is 10.9. The van der Waals surface area contributed by atoms with Crippen molar-refractivity contribution in [3.63, 3.8) is 0 Å². The Hall–Kier alpha value is 1.60. The quantitative estimate of drug-likeness (QED) is 0.170. The average Bonchev–Trinajstić information content (AvgIpc) is 2.14. The number of oxime groups is 1. The predicted molar refractivity (Wildman–Crippen MR) is 53.1 cm³/mol. The first-order valence-electron chi connectivity index (χ1n) is 3.85. The maximum Gasteiger partial charge on any atom is 1.00 e. The van der Waals surface area contributed by atoms with E-state index in [0.29, 0.717) is 18.9 Å². The van der Waals surface area contributed by atoms with Gasteiger partial charge >= 0.3 is 51.4 Å². The van der Waals surface area contributed by atoms with E-state index in [-0.39, 0.29) is 51.4 Å². The largest absolute Gasteiger partial charge is 1.00 e.